The third-order valence-electron chi connectivity index (χ3n) is 4.73. The molecular formula is C21H15F3N4O3S. The molecule has 11 heteroatoms. The van der Waals surface area contributed by atoms with Crippen LogP contribution in [0.25, 0.3) is 5.78 Å². The minimum Gasteiger partial charge on any atom is -0.294 e. The fourth-order valence-corrected chi connectivity index (χ4v) is 4.25. The zero-order valence-corrected chi connectivity index (χ0v) is 17.1. The van der Waals surface area contributed by atoms with Crippen LogP contribution in [0.2, 0.25) is 0 Å². The second-order valence-corrected chi connectivity index (χ2v) is 8.80. The number of nitrogens with zero attached hydrogens (tertiary/aromatic N) is 4. The Balaban J connectivity index is 1.47. The summed E-state index contributed by atoms with van der Waals surface area (Å²) in [6, 6.07) is 8.34. The summed E-state index contributed by atoms with van der Waals surface area (Å²) in [6.07, 6.45) is 2.10. The number of fused-ring (bicyclic) bond motifs is 1. The van der Waals surface area contributed by atoms with E-state index in [9.17, 15) is 26.4 Å². The molecule has 0 amide bonds. The first-order valence-electron chi connectivity index (χ1n) is 9.35. The number of Topliss-reactive ketones (excluding diaryl/α,β-unsaturated/α-hetero) is 1. The van der Waals surface area contributed by atoms with Gasteiger partial charge in [-0.1, -0.05) is 18.2 Å². The van der Waals surface area contributed by atoms with Crippen molar-refractivity contribution in [1.82, 2.24) is 19.4 Å². The number of sulfone groups is 1. The van der Waals surface area contributed by atoms with Gasteiger partial charge in [0.05, 0.1) is 10.5 Å². The molecule has 0 fully saturated rings. The largest absolute Gasteiger partial charge is 0.433 e. The van der Waals surface area contributed by atoms with Crippen LogP contribution in [-0.4, -0.2) is 33.6 Å². The number of carbonyl (C=O) groups is 1. The first kappa shape index (κ1) is 21.6. The van der Waals surface area contributed by atoms with E-state index in [1.807, 2.05) is 0 Å². The highest BCUT2D eigenvalue weighted by Crippen LogP contribution is 2.29. The van der Waals surface area contributed by atoms with Crippen LogP contribution in [0, 0.1) is 0 Å². The van der Waals surface area contributed by atoms with Crippen LogP contribution in [0.4, 0.5) is 13.2 Å². The molecule has 4 aromatic rings. The van der Waals surface area contributed by atoms with Crippen LogP contribution in [0.15, 0.2) is 77.2 Å². The molecule has 0 saturated heterocycles. The monoisotopic (exact) mass is 460 g/mol. The van der Waals surface area contributed by atoms with E-state index in [1.165, 1.54) is 30.5 Å². The van der Waals surface area contributed by atoms with Crippen LogP contribution >= 0.6 is 0 Å². The van der Waals surface area contributed by atoms with E-state index in [2.05, 4.69) is 15.0 Å². The Labute approximate surface area is 180 Å². The van der Waals surface area contributed by atoms with Crippen molar-refractivity contribution >= 4 is 21.4 Å². The molecule has 0 aliphatic heterocycles. The van der Waals surface area contributed by atoms with Crippen molar-refractivity contribution < 1.29 is 26.4 Å². The Bertz CT molecular complexity index is 1400. The highest BCUT2D eigenvalue weighted by molar-refractivity contribution is 7.91. The molecule has 0 N–H and O–H groups in total. The van der Waals surface area contributed by atoms with Crippen LogP contribution in [0.5, 0.6) is 0 Å². The average molecular weight is 460 g/mol. The topological polar surface area (TPSA) is 94.3 Å². The van der Waals surface area contributed by atoms with Gasteiger partial charge in [-0.15, -0.1) is 0 Å². The number of carbonyl (C=O) groups excluding carboxylic acids is 1. The van der Waals surface area contributed by atoms with Gasteiger partial charge < -0.3 is 0 Å². The quantitative estimate of drug-likeness (QED) is 0.407. The first-order valence-corrected chi connectivity index (χ1v) is 10.8. The predicted molar refractivity (Wildman–Crippen MR) is 107 cm³/mol. The fourth-order valence-electron chi connectivity index (χ4n) is 3.04. The van der Waals surface area contributed by atoms with Crippen LogP contribution in [-0.2, 0) is 22.4 Å². The summed E-state index contributed by atoms with van der Waals surface area (Å²) in [6.45, 7) is 0. The van der Waals surface area contributed by atoms with Crippen molar-refractivity contribution in [1.29, 1.82) is 0 Å². The lowest BCUT2D eigenvalue weighted by Gasteiger charge is -2.09. The molecule has 0 atom stereocenters. The number of pyridine rings is 1. The summed E-state index contributed by atoms with van der Waals surface area (Å²) in [5.41, 5.74) is -0.159. The van der Waals surface area contributed by atoms with Gasteiger partial charge in [-0.05, 0) is 36.2 Å². The summed E-state index contributed by atoms with van der Waals surface area (Å²) in [4.78, 5) is 23.6. The summed E-state index contributed by atoms with van der Waals surface area (Å²) < 4.78 is 65.5. The zero-order valence-electron chi connectivity index (χ0n) is 16.3. The van der Waals surface area contributed by atoms with Gasteiger partial charge in [0, 0.05) is 31.2 Å². The smallest absolute Gasteiger partial charge is 0.294 e. The Morgan fingerprint density at radius 2 is 1.78 bits per heavy atom. The Kier molecular flexibility index (Phi) is 5.51. The second kappa shape index (κ2) is 8.15. The van der Waals surface area contributed by atoms with Gasteiger partial charge in [-0.2, -0.15) is 13.2 Å². The number of halogens is 3. The Morgan fingerprint density at radius 1 is 1.03 bits per heavy atom. The molecule has 7 nitrogen and oxygen atoms in total. The maximum absolute atomic E-state index is 12.9. The van der Waals surface area contributed by atoms with E-state index in [0.717, 1.165) is 12.1 Å². The van der Waals surface area contributed by atoms with E-state index in [-0.39, 0.29) is 17.1 Å². The Morgan fingerprint density at radius 3 is 2.50 bits per heavy atom. The van der Waals surface area contributed by atoms with Crippen molar-refractivity contribution in [2.45, 2.75) is 28.9 Å². The van der Waals surface area contributed by atoms with Gasteiger partial charge in [-0.25, -0.2) is 23.4 Å². The minimum atomic E-state index is -4.75. The molecule has 1 aromatic carbocycles. The van der Waals surface area contributed by atoms with Gasteiger partial charge in [-0.3, -0.25) is 9.20 Å². The van der Waals surface area contributed by atoms with E-state index in [1.54, 1.807) is 23.0 Å². The molecule has 0 spiro atoms. The molecule has 0 unspecified atom stereocenters. The lowest BCUT2D eigenvalue weighted by atomic mass is 10.0. The number of ketones is 1. The van der Waals surface area contributed by atoms with Crippen molar-refractivity contribution in [3.8, 4) is 0 Å². The minimum absolute atomic E-state index is 0.141. The molecule has 0 bridgehead atoms. The Hall–Kier alpha value is -3.60. The van der Waals surface area contributed by atoms with Crippen LogP contribution in [0.3, 0.4) is 0 Å². The van der Waals surface area contributed by atoms with Crippen molar-refractivity contribution in [2.24, 2.45) is 0 Å². The van der Waals surface area contributed by atoms with Crippen molar-refractivity contribution in [3.63, 3.8) is 0 Å². The summed E-state index contributed by atoms with van der Waals surface area (Å²) in [7, 11) is -4.22. The first-order chi connectivity index (χ1) is 15.1. The number of aryl methyl sites for hydroxylation is 1. The van der Waals surface area contributed by atoms with Crippen molar-refractivity contribution in [2.75, 3.05) is 0 Å². The summed E-state index contributed by atoms with van der Waals surface area (Å²) in [5, 5.41) is -0.683. The lowest BCUT2D eigenvalue weighted by molar-refractivity contribution is -0.141. The predicted octanol–water partition coefficient (Wildman–Crippen LogP) is 3.79. The van der Waals surface area contributed by atoms with Gasteiger partial charge >= 0.3 is 6.18 Å². The number of benzene rings is 1. The van der Waals surface area contributed by atoms with Gasteiger partial charge in [0.25, 0.3) is 0 Å². The number of rotatable bonds is 6. The van der Waals surface area contributed by atoms with E-state index in [0.29, 0.717) is 29.4 Å². The van der Waals surface area contributed by atoms with Crippen LogP contribution in [0.1, 0.15) is 28.0 Å². The molecule has 4 rings (SSSR count). The fraction of sp³-hybridized carbons (Fsp3) is 0.143. The molecular weight excluding hydrogens is 445 g/mol. The lowest BCUT2D eigenvalue weighted by Crippen LogP contribution is -2.12. The molecule has 0 saturated carbocycles. The van der Waals surface area contributed by atoms with Crippen molar-refractivity contribution in [3.05, 3.63) is 84.1 Å². The van der Waals surface area contributed by atoms with Gasteiger partial charge in [0.2, 0.25) is 15.6 Å². The maximum atomic E-state index is 12.9. The van der Waals surface area contributed by atoms with Gasteiger partial charge in [0.1, 0.15) is 5.69 Å². The number of hydrogen-bond donors (Lipinski definition) is 0. The summed E-state index contributed by atoms with van der Waals surface area (Å²) >= 11 is 0. The molecule has 3 heterocycles. The molecule has 0 aliphatic rings. The third kappa shape index (κ3) is 4.37. The molecule has 164 valence electrons. The molecule has 0 aliphatic carbocycles. The zero-order chi connectivity index (χ0) is 22.9. The van der Waals surface area contributed by atoms with Crippen LogP contribution < -0.4 is 0 Å². The van der Waals surface area contributed by atoms with E-state index in [4.69, 9.17) is 0 Å². The number of alkyl halides is 3. The SMILES string of the molecule is O=C(CCc1ccc(S(=O)(=O)c2cccc(C(F)(F)F)n2)cc1)c1cnc2nccn2c1. The van der Waals surface area contributed by atoms with Gasteiger partial charge in [0.15, 0.2) is 10.8 Å². The molecule has 0 radical (unpaired) electrons. The normalized spacial score (nSPS) is 12.2. The molecule has 32 heavy (non-hydrogen) atoms. The van der Waals surface area contributed by atoms with E-state index < -0.39 is 26.7 Å². The summed E-state index contributed by atoms with van der Waals surface area (Å²) in [5.74, 6) is 0.339. The number of aromatic nitrogens is 4. The highest BCUT2D eigenvalue weighted by Gasteiger charge is 2.33. The standard InChI is InChI=1S/C21H15F3N4O3S/c22-21(23,24)18-2-1-3-19(27-18)32(30,31)16-7-4-14(5-8-16)6-9-17(29)15-12-26-20-25-10-11-28(20)13-15/h1-5,7-8,10-13H,6,9H2. The molecule has 3 aromatic heterocycles. The highest BCUT2D eigenvalue weighted by atomic mass is 32.2. The van der Waals surface area contributed by atoms with E-state index >= 15 is 0 Å². The maximum Gasteiger partial charge on any atom is 0.433 e. The number of imidazole rings is 1. The number of hydrogen-bond acceptors (Lipinski definition) is 6. The second-order valence-electron chi connectivity index (χ2n) is 6.91. The third-order valence-corrected chi connectivity index (χ3v) is 6.40. The average Bonchev–Trinajstić information content (AvgIpc) is 3.25.